The fraction of sp³-hybridized carbons (Fsp3) is 0.516. The molecule has 2 aliphatic heterocycles. The molecule has 0 radical (unpaired) electrons. The van der Waals surface area contributed by atoms with Gasteiger partial charge in [0.25, 0.3) is 5.91 Å². The minimum Gasteiger partial charge on any atom is -0.493 e. The first-order chi connectivity index (χ1) is 20.6. The molecule has 2 heterocycles. The predicted molar refractivity (Wildman–Crippen MR) is 153 cm³/mol. The van der Waals surface area contributed by atoms with Gasteiger partial charge in [-0.05, 0) is 42.5 Å². The maximum absolute atomic E-state index is 14.2. The zero-order valence-electron chi connectivity index (χ0n) is 25.3. The fourth-order valence-electron chi connectivity index (χ4n) is 5.57. The Bertz CT molecular complexity index is 1380. The van der Waals surface area contributed by atoms with E-state index >= 15 is 0 Å². The van der Waals surface area contributed by atoms with E-state index in [1.165, 1.54) is 36.2 Å². The first-order valence-electron chi connectivity index (χ1n) is 14.2. The van der Waals surface area contributed by atoms with Crippen LogP contribution < -0.4 is 19.1 Å². The highest BCUT2D eigenvalue weighted by atomic mass is 19.4. The number of benzene rings is 2. The molecule has 2 atom stereocenters. The summed E-state index contributed by atoms with van der Waals surface area (Å²) < 4.78 is 61.6. The van der Waals surface area contributed by atoms with Gasteiger partial charge in [0, 0.05) is 30.8 Å². The minimum atomic E-state index is -4.97. The summed E-state index contributed by atoms with van der Waals surface area (Å²) in [6, 6.07) is 8.63. The number of anilines is 1. The largest absolute Gasteiger partial charge is 0.573 e. The van der Waals surface area contributed by atoms with Gasteiger partial charge in [-0.3, -0.25) is 14.4 Å². The van der Waals surface area contributed by atoms with Gasteiger partial charge in [0.05, 0.1) is 32.2 Å². The van der Waals surface area contributed by atoms with Gasteiger partial charge in [0.1, 0.15) is 18.0 Å². The number of para-hydroxylation sites is 1. The van der Waals surface area contributed by atoms with Crippen LogP contribution in [-0.2, 0) is 19.1 Å². The number of amides is 2. The Labute approximate surface area is 253 Å². The van der Waals surface area contributed by atoms with E-state index in [-0.39, 0.29) is 50.2 Å². The highest BCUT2D eigenvalue weighted by Crippen LogP contribution is 2.46. The van der Waals surface area contributed by atoms with E-state index in [2.05, 4.69) is 4.74 Å². The Morgan fingerprint density at radius 1 is 1.02 bits per heavy atom. The average Bonchev–Trinajstić information content (AvgIpc) is 3.05. The Morgan fingerprint density at radius 3 is 2.27 bits per heavy atom. The van der Waals surface area contributed by atoms with Crippen molar-refractivity contribution in [3.05, 3.63) is 47.5 Å². The van der Waals surface area contributed by atoms with E-state index < -0.39 is 53.4 Å². The van der Waals surface area contributed by atoms with E-state index in [0.29, 0.717) is 17.0 Å². The molecule has 240 valence electrons. The molecule has 2 aromatic rings. The van der Waals surface area contributed by atoms with Crippen molar-refractivity contribution in [2.24, 2.45) is 11.3 Å². The number of piperidine rings is 1. The number of carbonyl (C=O) groups is 3. The lowest BCUT2D eigenvalue weighted by atomic mass is 9.93. The first kappa shape index (κ1) is 32.9. The van der Waals surface area contributed by atoms with E-state index in [0.717, 1.165) is 6.07 Å². The van der Waals surface area contributed by atoms with Crippen LogP contribution in [0.1, 0.15) is 57.3 Å². The number of alkyl halides is 3. The zero-order valence-corrected chi connectivity index (χ0v) is 25.3. The number of carboxylic acids is 1. The molecule has 0 saturated carbocycles. The number of carboxylic acid groups (broad SMARTS) is 1. The molecular weight excluding hydrogens is 585 g/mol. The second-order valence-corrected chi connectivity index (χ2v) is 12.0. The van der Waals surface area contributed by atoms with Crippen molar-refractivity contribution in [1.82, 2.24) is 4.90 Å². The molecule has 2 aromatic carbocycles. The summed E-state index contributed by atoms with van der Waals surface area (Å²) in [6.45, 7) is 6.31. The van der Waals surface area contributed by atoms with Gasteiger partial charge in [0.15, 0.2) is 11.5 Å². The van der Waals surface area contributed by atoms with E-state index in [4.69, 9.17) is 14.2 Å². The van der Waals surface area contributed by atoms with Crippen molar-refractivity contribution in [3.8, 4) is 17.2 Å². The third-order valence-electron chi connectivity index (χ3n) is 7.55. The third kappa shape index (κ3) is 7.55. The summed E-state index contributed by atoms with van der Waals surface area (Å²) >= 11 is 0. The van der Waals surface area contributed by atoms with Gasteiger partial charge in [-0.2, -0.15) is 0 Å². The predicted octanol–water partition coefficient (Wildman–Crippen LogP) is 5.18. The van der Waals surface area contributed by atoms with Crippen molar-refractivity contribution in [1.29, 1.82) is 0 Å². The SMILES string of the molecule is COc1cccc(C2OC(CC(=O)N3CCC(C(=O)O)CC3)C(=O)N(CC(C)(C)C)c3ccc(OC(F)(F)F)cc32)c1OC. The van der Waals surface area contributed by atoms with E-state index in [9.17, 15) is 32.7 Å². The van der Waals surface area contributed by atoms with Crippen molar-refractivity contribution in [3.63, 3.8) is 0 Å². The van der Waals surface area contributed by atoms with E-state index in [1.807, 2.05) is 20.8 Å². The minimum absolute atomic E-state index is 0.165. The molecule has 10 nitrogen and oxygen atoms in total. The second-order valence-electron chi connectivity index (χ2n) is 12.0. The fourth-order valence-corrected chi connectivity index (χ4v) is 5.57. The Morgan fingerprint density at radius 2 is 1.70 bits per heavy atom. The molecule has 1 fully saturated rings. The highest BCUT2D eigenvalue weighted by molar-refractivity contribution is 6.00. The van der Waals surface area contributed by atoms with Crippen molar-refractivity contribution < 1.29 is 51.6 Å². The lowest BCUT2D eigenvalue weighted by Crippen LogP contribution is -2.47. The van der Waals surface area contributed by atoms with Gasteiger partial charge >= 0.3 is 12.3 Å². The van der Waals surface area contributed by atoms with Crippen LogP contribution in [0.2, 0.25) is 0 Å². The molecule has 2 aliphatic rings. The molecule has 44 heavy (non-hydrogen) atoms. The van der Waals surface area contributed by atoms with Crippen molar-refractivity contribution in [2.45, 2.75) is 58.6 Å². The van der Waals surface area contributed by atoms with Crippen LogP contribution in [0.15, 0.2) is 36.4 Å². The number of fused-ring (bicyclic) bond motifs is 1. The quantitative estimate of drug-likeness (QED) is 0.428. The number of nitrogens with zero attached hydrogens (tertiary/aromatic N) is 2. The molecule has 0 aromatic heterocycles. The van der Waals surface area contributed by atoms with Crippen molar-refractivity contribution >= 4 is 23.5 Å². The van der Waals surface area contributed by atoms with Gasteiger partial charge in [-0.1, -0.05) is 32.9 Å². The van der Waals surface area contributed by atoms with Gasteiger partial charge in [-0.15, -0.1) is 13.2 Å². The molecule has 2 unspecified atom stereocenters. The first-order valence-corrected chi connectivity index (χ1v) is 14.2. The lowest BCUT2D eigenvalue weighted by molar-refractivity contribution is -0.274. The van der Waals surface area contributed by atoms with Crippen LogP contribution in [0, 0.1) is 11.3 Å². The second kappa shape index (κ2) is 12.9. The van der Waals surface area contributed by atoms with E-state index in [1.54, 1.807) is 18.2 Å². The maximum Gasteiger partial charge on any atom is 0.573 e. The molecule has 4 rings (SSSR count). The molecule has 1 saturated heterocycles. The zero-order chi connectivity index (χ0) is 32.4. The van der Waals surface area contributed by atoms with Crippen molar-refractivity contribution in [2.75, 3.05) is 38.8 Å². The topological polar surface area (TPSA) is 115 Å². The molecule has 13 heteroatoms. The number of hydrogen-bond acceptors (Lipinski definition) is 7. The molecule has 1 N–H and O–H groups in total. The summed E-state index contributed by atoms with van der Waals surface area (Å²) in [6.07, 6.45) is -7.26. The number of ether oxygens (including phenoxy) is 4. The standard InChI is InChI=1S/C31H37F3N2O8/c1-30(2,3)17-36-22-10-9-19(44-31(32,33)34)15-21(22)26(20-7-6-8-23(41-4)27(20)42-5)43-24(28(36)38)16-25(37)35-13-11-18(12-14-35)29(39)40/h6-10,15,18,24,26H,11-14,16-17H2,1-5H3,(H,39,40). The highest BCUT2D eigenvalue weighted by Gasteiger charge is 2.42. The summed E-state index contributed by atoms with van der Waals surface area (Å²) in [4.78, 5) is 42.0. The van der Waals surface area contributed by atoms with Gasteiger partial charge in [0.2, 0.25) is 5.91 Å². The molecule has 0 aliphatic carbocycles. The monoisotopic (exact) mass is 622 g/mol. The third-order valence-corrected chi connectivity index (χ3v) is 7.55. The smallest absolute Gasteiger partial charge is 0.493 e. The Kier molecular flexibility index (Phi) is 9.67. The number of hydrogen-bond donors (Lipinski definition) is 1. The Balaban J connectivity index is 1.82. The summed E-state index contributed by atoms with van der Waals surface area (Å²) in [5, 5.41) is 9.33. The summed E-state index contributed by atoms with van der Waals surface area (Å²) in [5.41, 5.74) is 0.413. The van der Waals surface area contributed by atoms with Crippen LogP contribution >= 0.6 is 0 Å². The average molecular weight is 623 g/mol. The summed E-state index contributed by atoms with van der Waals surface area (Å²) in [7, 11) is 2.84. The van der Waals surface area contributed by atoms with Crippen LogP contribution in [0.5, 0.6) is 17.2 Å². The number of methoxy groups -OCH3 is 2. The number of aliphatic carboxylic acids is 1. The van der Waals surface area contributed by atoms with Crippen LogP contribution in [0.3, 0.4) is 0 Å². The number of halogens is 3. The van der Waals surface area contributed by atoms with Crippen LogP contribution in [0.25, 0.3) is 0 Å². The van der Waals surface area contributed by atoms with Gasteiger partial charge < -0.3 is 33.9 Å². The molecule has 2 amide bonds. The molecular formula is C31H37F3N2O8. The number of carbonyl (C=O) groups excluding carboxylic acids is 2. The molecule has 0 bridgehead atoms. The molecule has 0 spiro atoms. The summed E-state index contributed by atoms with van der Waals surface area (Å²) in [5.74, 6) is -2.34. The normalized spacial score (nSPS) is 19.7. The Hall–Kier alpha value is -4.00. The van der Waals surface area contributed by atoms with Crippen LogP contribution in [0.4, 0.5) is 18.9 Å². The van der Waals surface area contributed by atoms with Gasteiger partial charge in [-0.25, -0.2) is 0 Å². The maximum atomic E-state index is 14.2. The number of rotatable bonds is 8. The van der Waals surface area contributed by atoms with Crippen LogP contribution in [-0.4, -0.2) is 74.1 Å². The lowest BCUT2D eigenvalue weighted by Gasteiger charge is -2.33. The number of likely N-dealkylation sites (tertiary alicyclic amines) is 1.